The van der Waals surface area contributed by atoms with Crippen molar-refractivity contribution in [3.05, 3.63) is 89.4 Å². The van der Waals surface area contributed by atoms with E-state index < -0.39 is 0 Å². The second-order valence-electron chi connectivity index (χ2n) is 11.1. The largest absolute Gasteiger partial charge is 0.459 e. The van der Waals surface area contributed by atoms with E-state index in [0.29, 0.717) is 58.5 Å². The van der Waals surface area contributed by atoms with Gasteiger partial charge in [0.1, 0.15) is 11.0 Å². The van der Waals surface area contributed by atoms with E-state index in [1.54, 1.807) is 18.6 Å². The van der Waals surface area contributed by atoms with Crippen molar-refractivity contribution in [1.82, 2.24) is 40.3 Å². The normalized spacial score (nSPS) is 14.3. The highest BCUT2D eigenvalue weighted by Crippen LogP contribution is 2.40. The van der Waals surface area contributed by atoms with Crippen LogP contribution in [0.15, 0.2) is 76.0 Å². The number of hydrogen-bond acceptors (Lipinski definition) is 11. The van der Waals surface area contributed by atoms with Gasteiger partial charge in [-0.3, -0.25) is 10.2 Å². The summed E-state index contributed by atoms with van der Waals surface area (Å²) in [6, 6.07) is 17.7. The predicted octanol–water partition coefficient (Wildman–Crippen LogP) is 7.40. The molecular formula is C31H28ClN11O2. The van der Waals surface area contributed by atoms with E-state index in [1.807, 2.05) is 36.4 Å². The summed E-state index contributed by atoms with van der Waals surface area (Å²) in [5.41, 5.74) is 6.08. The number of aromatic amines is 2. The van der Waals surface area contributed by atoms with Crippen molar-refractivity contribution in [1.29, 1.82) is 0 Å². The lowest BCUT2D eigenvalue weighted by Crippen LogP contribution is -2.05. The van der Waals surface area contributed by atoms with Gasteiger partial charge in [-0.25, -0.2) is 9.97 Å². The third-order valence-corrected chi connectivity index (χ3v) is 7.76. The lowest BCUT2D eigenvalue weighted by Gasteiger charge is -2.08. The lowest BCUT2D eigenvalue weighted by molar-refractivity contribution is 0.615. The maximum Gasteiger partial charge on any atom is 0.225 e. The molecule has 13 nitrogen and oxygen atoms in total. The zero-order valence-corrected chi connectivity index (χ0v) is 24.7. The first kappa shape index (κ1) is 27.1. The smallest absolute Gasteiger partial charge is 0.225 e. The van der Waals surface area contributed by atoms with E-state index in [9.17, 15) is 0 Å². The molecule has 0 atom stereocenters. The van der Waals surface area contributed by atoms with Crippen LogP contribution in [0.25, 0.3) is 22.2 Å². The third kappa shape index (κ3) is 6.15. The first-order chi connectivity index (χ1) is 22.1. The van der Waals surface area contributed by atoms with Crippen LogP contribution in [-0.2, 0) is 6.54 Å². The Morgan fingerprint density at radius 3 is 1.89 bits per heavy atom. The van der Waals surface area contributed by atoms with Crippen molar-refractivity contribution in [3.63, 3.8) is 0 Å². The molecule has 2 fully saturated rings. The highest BCUT2D eigenvalue weighted by molar-refractivity contribution is 6.28. The number of nitrogens with zero attached hydrogens (tertiary/aromatic N) is 6. The third-order valence-electron chi connectivity index (χ3n) is 7.60. The Kier molecular flexibility index (Phi) is 6.98. The first-order valence-corrected chi connectivity index (χ1v) is 15.1. The van der Waals surface area contributed by atoms with Gasteiger partial charge in [-0.2, -0.15) is 20.2 Å². The summed E-state index contributed by atoms with van der Waals surface area (Å²) in [6.07, 6.45) is 8.08. The summed E-state index contributed by atoms with van der Waals surface area (Å²) in [5, 5.41) is 24.5. The Labute approximate surface area is 261 Å². The number of aromatic nitrogens is 8. The van der Waals surface area contributed by atoms with Crippen LogP contribution in [0.5, 0.6) is 0 Å². The molecule has 0 spiro atoms. The number of nitrogens with one attached hydrogen (secondary N) is 5. The van der Waals surface area contributed by atoms with Crippen LogP contribution >= 0.6 is 11.6 Å². The molecule has 2 aliphatic carbocycles. The molecule has 6 aromatic heterocycles. The Balaban J connectivity index is 0.000000140. The molecule has 226 valence electrons. The van der Waals surface area contributed by atoms with Crippen LogP contribution in [-0.4, -0.2) is 40.3 Å². The first-order valence-electron chi connectivity index (χ1n) is 14.7. The number of H-pyrrole nitrogens is 2. The number of halogens is 1. The van der Waals surface area contributed by atoms with Crippen molar-refractivity contribution in [2.45, 2.75) is 44.1 Å². The fourth-order valence-electron chi connectivity index (χ4n) is 4.98. The van der Waals surface area contributed by atoms with Gasteiger partial charge in [0.2, 0.25) is 11.2 Å². The summed E-state index contributed by atoms with van der Waals surface area (Å²) in [6.45, 7) is 0.651. The molecule has 0 amide bonds. The molecular weight excluding hydrogens is 594 g/mol. The van der Waals surface area contributed by atoms with E-state index in [2.05, 4.69) is 68.4 Å². The number of anilines is 5. The predicted molar refractivity (Wildman–Crippen MR) is 170 cm³/mol. The van der Waals surface area contributed by atoms with E-state index in [0.717, 1.165) is 17.0 Å². The van der Waals surface area contributed by atoms with Crippen molar-refractivity contribution >= 4 is 63.0 Å². The summed E-state index contributed by atoms with van der Waals surface area (Å²) >= 11 is 5.88. The average molecular weight is 622 g/mol. The maximum atomic E-state index is 5.88. The molecule has 0 bridgehead atoms. The topological polar surface area (TPSA) is 171 Å². The monoisotopic (exact) mass is 621 g/mol. The van der Waals surface area contributed by atoms with E-state index in [-0.39, 0.29) is 5.28 Å². The Bertz CT molecular complexity index is 2080. The summed E-state index contributed by atoms with van der Waals surface area (Å²) in [4.78, 5) is 17.3. The Morgan fingerprint density at radius 1 is 0.711 bits per heavy atom. The van der Waals surface area contributed by atoms with Gasteiger partial charge in [-0.15, -0.1) is 0 Å². The second-order valence-corrected chi connectivity index (χ2v) is 11.4. The maximum absolute atomic E-state index is 5.88. The molecule has 14 heteroatoms. The van der Waals surface area contributed by atoms with Gasteiger partial charge in [-0.1, -0.05) is 30.3 Å². The molecule has 0 unspecified atom stereocenters. The van der Waals surface area contributed by atoms with Crippen LogP contribution in [0.4, 0.5) is 29.2 Å². The van der Waals surface area contributed by atoms with Gasteiger partial charge in [0.25, 0.3) is 0 Å². The van der Waals surface area contributed by atoms with Gasteiger partial charge >= 0.3 is 0 Å². The fourth-order valence-corrected chi connectivity index (χ4v) is 5.15. The molecule has 2 saturated carbocycles. The Morgan fingerprint density at radius 2 is 1.29 bits per heavy atom. The summed E-state index contributed by atoms with van der Waals surface area (Å²) < 4.78 is 10.9. The molecule has 5 N–H and O–H groups in total. The minimum atomic E-state index is 0.175. The fraction of sp³-hybridized carbons (Fsp3) is 0.226. The summed E-state index contributed by atoms with van der Waals surface area (Å²) in [7, 11) is 0. The standard InChI is InChI=1S/C19H18N6O.C12H10ClN5O/c1-2-4-12(5-3-1)11-20-19-21-14-8-9-26-17(14)18(23-19)22-16-10-15(24-25-16)13-6-7-13;13-12-14-7-3-4-19-10(7)11(16-12)15-9-5-8(17-18-9)6-1-2-6/h1-5,8-10,13H,6-7,11H2,(H3,20,21,22,23,24,25);3-6H,1-2H2,(H2,14,15,16,17,18). The van der Waals surface area contributed by atoms with Crippen molar-refractivity contribution < 1.29 is 8.83 Å². The van der Waals surface area contributed by atoms with E-state index in [4.69, 9.17) is 20.4 Å². The number of rotatable bonds is 9. The van der Waals surface area contributed by atoms with Gasteiger partial charge in [-0.05, 0) is 42.8 Å². The van der Waals surface area contributed by atoms with E-state index >= 15 is 0 Å². The molecule has 0 radical (unpaired) electrons. The van der Waals surface area contributed by atoms with Crippen LogP contribution in [0, 0.1) is 0 Å². The minimum absolute atomic E-state index is 0.175. The molecule has 7 aromatic rings. The highest BCUT2D eigenvalue weighted by atomic mass is 35.5. The van der Waals surface area contributed by atoms with Crippen LogP contribution in [0.2, 0.25) is 5.28 Å². The summed E-state index contributed by atoms with van der Waals surface area (Å²) in [5.74, 6) is 4.35. The van der Waals surface area contributed by atoms with Crippen LogP contribution in [0.1, 0.15) is 54.5 Å². The van der Waals surface area contributed by atoms with Gasteiger partial charge in [0.05, 0.1) is 12.5 Å². The van der Waals surface area contributed by atoms with Crippen molar-refractivity contribution in [3.8, 4) is 0 Å². The minimum Gasteiger partial charge on any atom is -0.459 e. The lowest BCUT2D eigenvalue weighted by atomic mass is 10.2. The van der Waals surface area contributed by atoms with Crippen molar-refractivity contribution in [2.75, 3.05) is 16.0 Å². The molecule has 2 aliphatic rings. The van der Waals surface area contributed by atoms with Gasteiger partial charge in [0.15, 0.2) is 34.4 Å². The van der Waals surface area contributed by atoms with E-state index in [1.165, 1.54) is 36.9 Å². The number of fused-ring (bicyclic) bond motifs is 2. The zero-order valence-electron chi connectivity index (χ0n) is 23.9. The molecule has 0 saturated heterocycles. The second kappa shape index (κ2) is 11.6. The molecule has 6 heterocycles. The Hall–Kier alpha value is -5.43. The highest BCUT2D eigenvalue weighted by Gasteiger charge is 2.26. The van der Waals surface area contributed by atoms with Crippen LogP contribution in [0.3, 0.4) is 0 Å². The molecule has 45 heavy (non-hydrogen) atoms. The van der Waals surface area contributed by atoms with Crippen molar-refractivity contribution in [2.24, 2.45) is 0 Å². The van der Waals surface area contributed by atoms with Gasteiger partial charge < -0.3 is 24.8 Å². The number of furan rings is 2. The zero-order chi connectivity index (χ0) is 30.2. The number of benzene rings is 1. The molecule has 1 aromatic carbocycles. The number of hydrogen-bond donors (Lipinski definition) is 5. The van der Waals surface area contributed by atoms with Crippen LogP contribution < -0.4 is 16.0 Å². The SMILES string of the molecule is Clc1nc(Nc2cc(C3CC3)[nH]n2)c2occc2n1.c1ccc(CNc2nc(Nc3cc(C4CC4)[nH]n3)c3occc3n2)cc1. The molecule has 0 aliphatic heterocycles. The average Bonchev–Trinajstić information content (AvgIpc) is 3.83. The molecule has 9 rings (SSSR count). The van der Waals surface area contributed by atoms with Gasteiger partial charge in [0, 0.05) is 54.0 Å². The quantitative estimate of drug-likeness (QED) is 0.102.